The Labute approximate surface area is 108 Å². The summed E-state index contributed by atoms with van der Waals surface area (Å²) in [5.41, 5.74) is 4.79. The predicted molar refractivity (Wildman–Crippen MR) is 73.9 cm³/mol. The summed E-state index contributed by atoms with van der Waals surface area (Å²) >= 11 is 0. The maximum atomic E-state index is 5.29. The lowest BCUT2D eigenvalue weighted by Gasteiger charge is -2.23. The summed E-state index contributed by atoms with van der Waals surface area (Å²) in [5.74, 6) is 0.911. The smallest absolute Gasteiger partial charge is 0.156 e. The third-order valence-electron chi connectivity index (χ3n) is 3.10. The molecule has 1 heterocycles. The van der Waals surface area contributed by atoms with Crippen LogP contribution in [0.1, 0.15) is 29.5 Å². The first-order valence-electron chi connectivity index (χ1n) is 6.34. The first-order valence-corrected chi connectivity index (χ1v) is 6.34. The molecule has 0 N–H and O–H groups in total. The molecule has 0 aliphatic heterocycles. The molecule has 0 fully saturated rings. The molecule has 3 heteroatoms. The van der Waals surface area contributed by atoms with Gasteiger partial charge in [-0.3, -0.25) is 0 Å². The van der Waals surface area contributed by atoms with E-state index in [1.54, 1.807) is 0 Å². The molecule has 1 aromatic carbocycles. The van der Waals surface area contributed by atoms with Gasteiger partial charge in [-0.2, -0.15) is 0 Å². The zero-order valence-corrected chi connectivity index (χ0v) is 11.5. The van der Waals surface area contributed by atoms with Crippen molar-refractivity contribution in [1.29, 1.82) is 0 Å². The van der Waals surface area contributed by atoms with Crippen LogP contribution in [-0.2, 0) is 6.54 Å². The largest absolute Gasteiger partial charge is 0.364 e. The van der Waals surface area contributed by atoms with Crippen molar-refractivity contribution in [1.82, 2.24) is 5.16 Å². The standard InChI is InChI=1S/C15H20N2O/c1-5-17(10-14-9-13(4)16-18-14)15-7-6-11(2)8-12(15)3/h6-9H,5,10H2,1-4H3. The van der Waals surface area contributed by atoms with Gasteiger partial charge < -0.3 is 9.42 Å². The lowest BCUT2D eigenvalue weighted by molar-refractivity contribution is 0.378. The number of aromatic nitrogens is 1. The van der Waals surface area contributed by atoms with Crippen molar-refractivity contribution in [3.05, 3.63) is 46.8 Å². The first kappa shape index (κ1) is 12.7. The molecule has 1 aromatic heterocycles. The average Bonchev–Trinajstić information content (AvgIpc) is 2.72. The van der Waals surface area contributed by atoms with Crippen LogP contribution >= 0.6 is 0 Å². The molecule has 2 rings (SSSR count). The summed E-state index contributed by atoms with van der Waals surface area (Å²) < 4.78 is 5.29. The van der Waals surface area contributed by atoms with Crippen molar-refractivity contribution in [2.75, 3.05) is 11.4 Å². The Hall–Kier alpha value is -1.77. The van der Waals surface area contributed by atoms with Crippen molar-refractivity contribution in [3.63, 3.8) is 0 Å². The summed E-state index contributed by atoms with van der Waals surface area (Å²) in [6.07, 6.45) is 0. The molecule has 0 radical (unpaired) electrons. The molecule has 0 bridgehead atoms. The predicted octanol–water partition coefficient (Wildman–Crippen LogP) is 3.63. The maximum absolute atomic E-state index is 5.29. The Kier molecular flexibility index (Phi) is 3.70. The lowest BCUT2D eigenvalue weighted by atomic mass is 10.1. The number of aryl methyl sites for hydroxylation is 3. The molecule has 3 nitrogen and oxygen atoms in total. The molecule has 0 aliphatic carbocycles. The molecule has 0 saturated heterocycles. The normalized spacial score (nSPS) is 10.7. The molecular formula is C15H20N2O. The SMILES string of the molecule is CCN(Cc1cc(C)no1)c1ccc(C)cc1C. The van der Waals surface area contributed by atoms with E-state index < -0.39 is 0 Å². The highest BCUT2D eigenvalue weighted by molar-refractivity contribution is 5.54. The van der Waals surface area contributed by atoms with E-state index in [1.165, 1.54) is 16.8 Å². The van der Waals surface area contributed by atoms with Crippen LogP contribution in [0.5, 0.6) is 0 Å². The minimum absolute atomic E-state index is 0.765. The molecule has 0 unspecified atom stereocenters. The van der Waals surface area contributed by atoms with E-state index in [4.69, 9.17) is 4.52 Å². The van der Waals surface area contributed by atoms with Crippen molar-refractivity contribution >= 4 is 5.69 Å². The van der Waals surface area contributed by atoms with Crippen LogP contribution in [-0.4, -0.2) is 11.7 Å². The molecule has 2 aromatic rings. The Morgan fingerprint density at radius 1 is 1.17 bits per heavy atom. The van der Waals surface area contributed by atoms with E-state index in [0.717, 1.165) is 24.5 Å². The van der Waals surface area contributed by atoms with E-state index in [0.29, 0.717) is 0 Å². The van der Waals surface area contributed by atoms with Crippen molar-refractivity contribution in [2.24, 2.45) is 0 Å². The van der Waals surface area contributed by atoms with Crippen LogP contribution in [0, 0.1) is 20.8 Å². The topological polar surface area (TPSA) is 29.3 Å². The molecule has 18 heavy (non-hydrogen) atoms. The highest BCUT2D eigenvalue weighted by Crippen LogP contribution is 2.23. The highest BCUT2D eigenvalue weighted by atomic mass is 16.5. The number of benzene rings is 1. The second kappa shape index (κ2) is 5.25. The maximum Gasteiger partial charge on any atom is 0.156 e. The first-order chi connectivity index (χ1) is 8.60. The number of hydrogen-bond donors (Lipinski definition) is 0. The van der Waals surface area contributed by atoms with Crippen LogP contribution < -0.4 is 4.90 Å². The van der Waals surface area contributed by atoms with Crippen molar-refractivity contribution in [2.45, 2.75) is 34.2 Å². The minimum Gasteiger partial charge on any atom is -0.364 e. The van der Waals surface area contributed by atoms with Crippen LogP contribution in [0.25, 0.3) is 0 Å². The number of anilines is 1. The van der Waals surface area contributed by atoms with E-state index in [-0.39, 0.29) is 0 Å². The Bertz CT molecular complexity index is 531. The fraction of sp³-hybridized carbons (Fsp3) is 0.400. The fourth-order valence-corrected chi connectivity index (χ4v) is 2.21. The van der Waals surface area contributed by atoms with Crippen molar-refractivity contribution in [3.8, 4) is 0 Å². The zero-order chi connectivity index (χ0) is 13.1. The fourth-order valence-electron chi connectivity index (χ4n) is 2.21. The van der Waals surface area contributed by atoms with Gasteiger partial charge in [0.05, 0.1) is 12.2 Å². The van der Waals surface area contributed by atoms with Crippen LogP contribution in [0.3, 0.4) is 0 Å². The molecule has 0 spiro atoms. The number of hydrogen-bond acceptors (Lipinski definition) is 3. The van der Waals surface area contributed by atoms with Gasteiger partial charge in [-0.1, -0.05) is 22.9 Å². The molecule has 0 atom stereocenters. The van der Waals surface area contributed by atoms with Crippen LogP contribution in [0.15, 0.2) is 28.8 Å². The van der Waals surface area contributed by atoms with E-state index in [2.05, 4.69) is 49.0 Å². The van der Waals surface area contributed by atoms with Crippen LogP contribution in [0.2, 0.25) is 0 Å². The lowest BCUT2D eigenvalue weighted by Crippen LogP contribution is -2.22. The second-order valence-corrected chi connectivity index (χ2v) is 4.74. The minimum atomic E-state index is 0.765. The van der Waals surface area contributed by atoms with Gasteiger partial charge in [0.2, 0.25) is 0 Å². The van der Waals surface area contributed by atoms with E-state index in [9.17, 15) is 0 Å². The van der Waals surface area contributed by atoms with Crippen molar-refractivity contribution < 1.29 is 4.52 Å². The third-order valence-corrected chi connectivity index (χ3v) is 3.10. The Morgan fingerprint density at radius 3 is 2.50 bits per heavy atom. The zero-order valence-electron chi connectivity index (χ0n) is 11.5. The van der Waals surface area contributed by atoms with Gasteiger partial charge >= 0.3 is 0 Å². The quantitative estimate of drug-likeness (QED) is 0.822. The molecule has 0 aliphatic rings. The summed E-state index contributed by atoms with van der Waals surface area (Å²) in [5, 5.41) is 3.93. The molecule has 0 amide bonds. The van der Waals surface area contributed by atoms with Gasteiger partial charge in [-0.25, -0.2) is 0 Å². The Morgan fingerprint density at radius 2 is 1.94 bits per heavy atom. The monoisotopic (exact) mass is 244 g/mol. The third kappa shape index (κ3) is 2.73. The number of nitrogens with zero attached hydrogens (tertiary/aromatic N) is 2. The molecule has 0 saturated carbocycles. The van der Waals surface area contributed by atoms with E-state index >= 15 is 0 Å². The van der Waals surface area contributed by atoms with Gasteiger partial charge in [-0.15, -0.1) is 0 Å². The Balaban J connectivity index is 2.22. The highest BCUT2D eigenvalue weighted by Gasteiger charge is 2.11. The average molecular weight is 244 g/mol. The summed E-state index contributed by atoms with van der Waals surface area (Å²) in [6, 6.07) is 8.53. The number of rotatable bonds is 4. The van der Waals surface area contributed by atoms with Crippen LogP contribution in [0.4, 0.5) is 5.69 Å². The van der Waals surface area contributed by atoms with Gasteiger partial charge in [0.15, 0.2) is 5.76 Å². The van der Waals surface area contributed by atoms with Gasteiger partial charge in [-0.05, 0) is 39.3 Å². The van der Waals surface area contributed by atoms with E-state index in [1.807, 2.05) is 13.0 Å². The summed E-state index contributed by atoms with van der Waals surface area (Å²) in [7, 11) is 0. The van der Waals surface area contributed by atoms with Gasteiger partial charge in [0.1, 0.15) is 0 Å². The molecule has 96 valence electrons. The summed E-state index contributed by atoms with van der Waals surface area (Å²) in [4.78, 5) is 2.30. The second-order valence-electron chi connectivity index (χ2n) is 4.74. The molecular weight excluding hydrogens is 224 g/mol. The van der Waals surface area contributed by atoms with Gasteiger partial charge in [0.25, 0.3) is 0 Å². The summed E-state index contributed by atoms with van der Waals surface area (Å²) in [6.45, 7) is 10.1. The van der Waals surface area contributed by atoms with Gasteiger partial charge in [0, 0.05) is 18.3 Å².